The summed E-state index contributed by atoms with van der Waals surface area (Å²) in [6, 6.07) is 0. The summed E-state index contributed by atoms with van der Waals surface area (Å²) in [6.45, 7) is 7.44. The second kappa shape index (κ2) is 576. The largest absolute Gasteiger partial charge is 0.512 e. The Labute approximate surface area is 30.3 Å². The Kier molecular flexibility index (Phi) is 1030. The van der Waals surface area contributed by atoms with E-state index in [-0.39, 0.29) is 6.33 Å². The molecule has 0 aromatic rings. The molecule has 2 heteroatoms. The standard InChI is InChI=1S/C2H3F.CN/c1-2-3;1-2/h2H,1H2;/q;-1. The van der Waals surface area contributed by atoms with Crippen molar-refractivity contribution < 1.29 is 4.39 Å². The second-order valence-corrected chi connectivity index (χ2v) is 0.154. The summed E-state index contributed by atoms with van der Waals surface area (Å²) in [5.41, 5.74) is 0. The first-order chi connectivity index (χ1) is 2.41. The third kappa shape index (κ3) is 6.03. The summed E-state index contributed by atoms with van der Waals surface area (Å²) in [5.74, 6) is 0. The molecule has 5 heavy (non-hydrogen) atoms. The van der Waals surface area contributed by atoms with Crippen LogP contribution in [0.5, 0.6) is 0 Å². The summed E-state index contributed by atoms with van der Waals surface area (Å²) in [5, 5.41) is 6.25. The van der Waals surface area contributed by atoms with Gasteiger partial charge in [-0.25, -0.2) is 4.39 Å². The van der Waals surface area contributed by atoms with Gasteiger partial charge in [-0.15, -0.1) is 0 Å². The highest BCUT2D eigenvalue weighted by Gasteiger charge is 1.19. The maximum atomic E-state index is 10.1. The lowest BCUT2D eigenvalue weighted by Crippen LogP contribution is -0.990. The van der Waals surface area contributed by atoms with Gasteiger partial charge in [0.05, 0.1) is 6.33 Å². The highest BCUT2D eigenvalue weighted by molar-refractivity contribution is 4.39. The molecule has 0 fully saturated rings. The quantitative estimate of drug-likeness (QED) is 0.394. The molecule has 0 atom stereocenters. The van der Waals surface area contributed by atoms with Gasteiger partial charge in [0.1, 0.15) is 0 Å². The topological polar surface area (TPSA) is 23.8 Å². The molecule has 0 bridgehead atoms. The first-order valence-corrected chi connectivity index (χ1v) is 0.850. The van der Waals surface area contributed by atoms with Gasteiger partial charge in [0.15, 0.2) is 0 Å². The summed E-state index contributed by atoms with van der Waals surface area (Å²) >= 11 is 0. The van der Waals surface area contributed by atoms with Crippen LogP contribution in [0, 0.1) is 11.8 Å². The zero-order chi connectivity index (χ0) is 4.71. The van der Waals surface area contributed by atoms with E-state index in [1.54, 1.807) is 0 Å². The number of rotatable bonds is 0. The smallest absolute Gasteiger partial charge is 0.0795 e. The monoisotopic (exact) mass is 72.0 g/mol. The van der Waals surface area contributed by atoms with Crippen molar-refractivity contribution in [2.24, 2.45) is 0 Å². The lowest BCUT2D eigenvalue weighted by Gasteiger charge is -1.28. The Morgan fingerprint density at radius 2 is 1.80 bits per heavy atom. The molecule has 0 rings (SSSR count). The van der Waals surface area contributed by atoms with E-state index in [0.29, 0.717) is 0 Å². The van der Waals surface area contributed by atoms with Crippen molar-refractivity contribution in [2.75, 3.05) is 0 Å². The van der Waals surface area contributed by atoms with Crippen molar-refractivity contribution in [3.63, 3.8) is 0 Å². The Morgan fingerprint density at radius 1 is 1.80 bits per heavy atom. The van der Waals surface area contributed by atoms with E-state index in [1.807, 2.05) is 0 Å². The van der Waals surface area contributed by atoms with Gasteiger partial charge in [-0.3, -0.25) is 0 Å². The van der Waals surface area contributed by atoms with Crippen LogP contribution >= 0.6 is 0 Å². The molecule has 0 aliphatic rings. The van der Waals surface area contributed by atoms with E-state index >= 15 is 0 Å². The van der Waals surface area contributed by atoms with Crippen LogP contribution in [0.4, 0.5) is 4.39 Å². The fraction of sp³-hybridized carbons (Fsp3) is 0. The van der Waals surface area contributed by atoms with Crippen molar-refractivity contribution in [2.45, 2.75) is 0 Å². The van der Waals surface area contributed by atoms with Crippen LogP contribution in [0.2, 0.25) is 0 Å². The molecule has 0 aliphatic carbocycles. The average molecular weight is 72.1 g/mol. The first kappa shape index (κ1) is 8.90. The van der Waals surface area contributed by atoms with Gasteiger partial charge in [0.2, 0.25) is 0 Å². The summed E-state index contributed by atoms with van der Waals surface area (Å²) in [4.78, 5) is 0. The van der Waals surface area contributed by atoms with Crippen LogP contribution in [0.25, 0.3) is 0 Å². The summed E-state index contributed by atoms with van der Waals surface area (Å²) in [7, 11) is 0. The second-order valence-electron chi connectivity index (χ2n) is 0.154. The fourth-order valence-electron chi connectivity index (χ4n) is 0. The van der Waals surface area contributed by atoms with E-state index in [4.69, 9.17) is 11.8 Å². The van der Waals surface area contributed by atoms with Crippen molar-refractivity contribution in [3.8, 4) is 0 Å². The van der Waals surface area contributed by atoms with Gasteiger partial charge in [-0.05, 0) is 0 Å². The van der Waals surface area contributed by atoms with Crippen LogP contribution in [0.15, 0.2) is 12.9 Å². The van der Waals surface area contributed by atoms with E-state index in [9.17, 15) is 4.39 Å². The predicted molar refractivity (Wildman–Crippen MR) is 16.3 cm³/mol. The lowest BCUT2D eigenvalue weighted by molar-refractivity contribution is 0.725. The molecular formula is C3H3FN-. The first-order valence-electron chi connectivity index (χ1n) is 0.850. The van der Waals surface area contributed by atoms with E-state index < -0.39 is 0 Å². The molecule has 0 N–H and O–H groups in total. The molecule has 0 amide bonds. The third-order valence-electron chi connectivity index (χ3n) is 0. The molecule has 0 unspecified atom stereocenters. The number of halogens is 1. The minimum atomic E-state index is 0.250. The molecule has 0 saturated heterocycles. The van der Waals surface area contributed by atoms with Crippen LogP contribution in [-0.2, 0) is 0 Å². The van der Waals surface area contributed by atoms with E-state index in [2.05, 4.69) is 6.58 Å². The molecule has 28 valence electrons. The zero-order valence-corrected chi connectivity index (χ0v) is 2.61. The molecule has 0 saturated carbocycles. The van der Waals surface area contributed by atoms with Crippen LogP contribution in [-0.4, -0.2) is 0 Å². The Morgan fingerprint density at radius 3 is 1.80 bits per heavy atom. The summed E-state index contributed by atoms with van der Waals surface area (Å²) in [6.07, 6.45) is 0.250. The van der Waals surface area contributed by atoms with Crippen molar-refractivity contribution in [1.82, 2.24) is 0 Å². The van der Waals surface area contributed by atoms with Crippen molar-refractivity contribution in [1.29, 1.82) is 5.26 Å². The Bertz CT molecular complexity index is 31.1. The predicted octanol–water partition coefficient (Wildman–Crippen LogP) is 1.20. The maximum Gasteiger partial charge on any atom is 0.0795 e. The molecule has 0 aromatic heterocycles. The third-order valence-corrected chi connectivity index (χ3v) is 0. The Balaban J connectivity index is 0. The highest BCUT2D eigenvalue weighted by atomic mass is 19.1. The van der Waals surface area contributed by atoms with E-state index in [1.165, 1.54) is 0 Å². The molecule has 0 aromatic carbocycles. The van der Waals surface area contributed by atoms with Crippen LogP contribution in [0.3, 0.4) is 0 Å². The lowest BCUT2D eigenvalue weighted by atomic mass is 11.2. The van der Waals surface area contributed by atoms with Crippen LogP contribution in [0.1, 0.15) is 0 Å². The SMILES string of the molecule is C=CF.[C-]#N. The van der Waals surface area contributed by atoms with Gasteiger partial charge in [-0.1, -0.05) is 6.58 Å². The number of hydrogen-bond acceptors (Lipinski definition) is 1. The van der Waals surface area contributed by atoms with Crippen molar-refractivity contribution in [3.05, 3.63) is 19.5 Å². The zero-order valence-electron chi connectivity index (χ0n) is 2.61. The number of nitrogens with zero attached hydrogens (tertiary/aromatic N) is 1. The van der Waals surface area contributed by atoms with Crippen molar-refractivity contribution >= 4 is 0 Å². The molecule has 0 radical (unpaired) electrons. The fourth-order valence-corrected chi connectivity index (χ4v) is 0. The number of hydrogen-bond donors (Lipinski definition) is 0. The molecule has 1 nitrogen and oxygen atoms in total. The normalized spacial score (nSPS) is 3.00. The molecule has 0 aliphatic heterocycles. The minimum Gasteiger partial charge on any atom is -0.512 e. The van der Waals surface area contributed by atoms with Gasteiger partial charge < -0.3 is 11.8 Å². The minimum absolute atomic E-state index is 0.250. The van der Waals surface area contributed by atoms with Gasteiger partial charge in [0.25, 0.3) is 0 Å². The summed E-state index contributed by atoms with van der Waals surface area (Å²) < 4.78 is 10.1. The maximum absolute atomic E-state index is 10.1. The highest BCUT2D eigenvalue weighted by Crippen LogP contribution is 1.48. The molecule has 0 spiro atoms. The van der Waals surface area contributed by atoms with E-state index in [0.717, 1.165) is 0 Å². The Hall–Kier alpha value is -0.840. The average Bonchev–Trinajstić information content (AvgIpc) is 1.46. The van der Waals surface area contributed by atoms with Crippen LogP contribution < -0.4 is 0 Å². The van der Waals surface area contributed by atoms with Gasteiger partial charge in [0, 0.05) is 0 Å². The molecule has 0 heterocycles. The molecular weight excluding hydrogens is 69.0 g/mol. The van der Waals surface area contributed by atoms with Gasteiger partial charge >= 0.3 is 0 Å². The van der Waals surface area contributed by atoms with Gasteiger partial charge in [-0.2, -0.15) is 0 Å².